The normalized spacial score (nSPS) is 11.5. The first kappa shape index (κ1) is 17.8. The molecule has 4 nitrogen and oxygen atoms in total. The van der Waals surface area contributed by atoms with Gasteiger partial charge in [-0.05, 0) is 61.0 Å². The first-order valence-electron chi connectivity index (χ1n) is 8.19. The number of phenolic OH excluding ortho intramolecular Hbond substituents is 1. The van der Waals surface area contributed by atoms with E-state index in [1.807, 2.05) is 31.2 Å². The number of aryl methyl sites for hydroxylation is 1. The van der Waals surface area contributed by atoms with Crippen molar-refractivity contribution in [3.63, 3.8) is 0 Å². The number of aliphatic imine (C=N–C) groups is 1. The average Bonchev–Trinajstić information content (AvgIpc) is 3.06. The molecule has 0 aliphatic carbocycles. The van der Waals surface area contributed by atoms with Crippen molar-refractivity contribution in [1.82, 2.24) is 4.98 Å². The molecule has 3 aromatic carbocycles. The van der Waals surface area contributed by atoms with E-state index in [0.717, 1.165) is 15.6 Å². The Morgan fingerprint density at radius 2 is 1.96 bits per heavy atom. The fourth-order valence-corrected chi connectivity index (χ4v) is 3.25. The Balaban J connectivity index is 1.72. The van der Waals surface area contributed by atoms with E-state index < -0.39 is 0 Å². The van der Waals surface area contributed by atoms with Crippen LogP contribution in [0.2, 0.25) is 5.02 Å². The molecular weight excluding hydrogens is 428 g/mol. The van der Waals surface area contributed by atoms with Crippen LogP contribution in [0, 0.1) is 6.92 Å². The van der Waals surface area contributed by atoms with Gasteiger partial charge in [0.2, 0.25) is 5.89 Å². The lowest BCUT2D eigenvalue weighted by molar-refractivity contribution is 0.474. The molecule has 0 saturated carbocycles. The lowest BCUT2D eigenvalue weighted by atomic mass is 10.2. The Bertz CT molecular complexity index is 1180. The van der Waals surface area contributed by atoms with E-state index >= 15 is 0 Å². The summed E-state index contributed by atoms with van der Waals surface area (Å²) in [7, 11) is 0. The first-order valence-corrected chi connectivity index (χ1v) is 9.36. The number of phenols is 1. The molecule has 1 aromatic heterocycles. The van der Waals surface area contributed by atoms with Gasteiger partial charge in [-0.3, -0.25) is 4.99 Å². The molecule has 0 bridgehead atoms. The molecule has 0 saturated heterocycles. The summed E-state index contributed by atoms with van der Waals surface area (Å²) < 4.78 is 6.74. The van der Waals surface area contributed by atoms with E-state index in [9.17, 15) is 5.11 Å². The lowest BCUT2D eigenvalue weighted by Gasteiger charge is -2.02. The van der Waals surface area contributed by atoms with Crippen LogP contribution in [0.3, 0.4) is 0 Å². The number of aromatic nitrogens is 1. The third-order valence-electron chi connectivity index (χ3n) is 4.07. The highest BCUT2D eigenvalue weighted by Crippen LogP contribution is 2.33. The first-order chi connectivity index (χ1) is 13.0. The molecule has 27 heavy (non-hydrogen) atoms. The molecule has 6 heteroatoms. The monoisotopic (exact) mass is 440 g/mol. The zero-order valence-electron chi connectivity index (χ0n) is 14.3. The van der Waals surface area contributed by atoms with Crippen LogP contribution in [-0.4, -0.2) is 16.3 Å². The molecular formula is C21H14BrClN2O2. The van der Waals surface area contributed by atoms with Gasteiger partial charge in [-0.1, -0.05) is 33.6 Å². The molecule has 4 rings (SSSR count). The molecule has 0 spiro atoms. The molecule has 0 unspecified atom stereocenters. The highest BCUT2D eigenvalue weighted by Gasteiger charge is 2.12. The Labute approximate surface area is 169 Å². The number of hydrogen-bond acceptors (Lipinski definition) is 4. The Morgan fingerprint density at radius 1 is 1.11 bits per heavy atom. The summed E-state index contributed by atoms with van der Waals surface area (Å²) in [6.45, 7) is 2.00. The maximum Gasteiger partial charge on any atom is 0.228 e. The lowest BCUT2D eigenvalue weighted by Crippen LogP contribution is -1.83. The van der Waals surface area contributed by atoms with Crippen molar-refractivity contribution in [2.45, 2.75) is 6.92 Å². The van der Waals surface area contributed by atoms with Crippen molar-refractivity contribution in [3.8, 4) is 17.2 Å². The van der Waals surface area contributed by atoms with Crippen LogP contribution >= 0.6 is 27.5 Å². The predicted octanol–water partition coefficient (Wildman–Crippen LogP) is 6.68. The predicted molar refractivity (Wildman–Crippen MR) is 112 cm³/mol. The Hall–Kier alpha value is -2.63. The zero-order chi connectivity index (χ0) is 19.0. The van der Waals surface area contributed by atoms with Gasteiger partial charge in [-0.2, -0.15) is 0 Å². The smallest absolute Gasteiger partial charge is 0.228 e. The summed E-state index contributed by atoms with van der Waals surface area (Å²) in [6, 6.07) is 16.4. The Morgan fingerprint density at radius 3 is 2.81 bits per heavy atom. The van der Waals surface area contributed by atoms with E-state index in [-0.39, 0.29) is 5.75 Å². The maximum absolute atomic E-state index is 9.93. The minimum absolute atomic E-state index is 0.158. The summed E-state index contributed by atoms with van der Waals surface area (Å²) in [5, 5.41) is 10.5. The number of oxazole rings is 1. The molecule has 4 aromatic rings. The van der Waals surface area contributed by atoms with Crippen LogP contribution in [0.5, 0.6) is 5.75 Å². The largest absolute Gasteiger partial charge is 0.507 e. The molecule has 0 aliphatic rings. The minimum Gasteiger partial charge on any atom is -0.507 e. The number of rotatable bonds is 3. The summed E-state index contributed by atoms with van der Waals surface area (Å²) in [4.78, 5) is 8.96. The van der Waals surface area contributed by atoms with Crippen molar-refractivity contribution in [2.24, 2.45) is 4.99 Å². The molecule has 0 aliphatic heterocycles. The quantitative estimate of drug-likeness (QED) is 0.361. The molecule has 0 atom stereocenters. The van der Waals surface area contributed by atoms with Crippen LogP contribution < -0.4 is 0 Å². The Kier molecular flexibility index (Phi) is 4.72. The highest BCUT2D eigenvalue weighted by molar-refractivity contribution is 9.10. The van der Waals surface area contributed by atoms with Crippen LogP contribution in [0.4, 0.5) is 5.69 Å². The fraction of sp³-hybridized carbons (Fsp3) is 0.0476. The van der Waals surface area contributed by atoms with Gasteiger partial charge in [-0.15, -0.1) is 0 Å². The van der Waals surface area contributed by atoms with E-state index in [1.54, 1.807) is 36.5 Å². The standard InChI is InChI=1S/C21H14BrClN2O2/c1-12-2-6-18-20(8-12)27-21(25-18)16-10-15(4-5-17(16)23)24-11-13-9-14(22)3-7-19(13)26/h2-11,26H,1H3. The van der Waals surface area contributed by atoms with Crippen molar-refractivity contribution in [1.29, 1.82) is 0 Å². The van der Waals surface area contributed by atoms with Gasteiger partial charge in [0, 0.05) is 16.3 Å². The van der Waals surface area contributed by atoms with E-state index in [4.69, 9.17) is 16.0 Å². The minimum atomic E-state index is 0.158. The van der Waals surface area contributed by atoms with E-state index in [0.29, 0.717) is 33.3 Å². The molecule has 0 fully saturated rings. The van der Waals surface area contributed by atoms with Crippen LogP contribution in [0.25, 0.3) is 22.6 Å². The van der Waals surface area contributed by atoms with Gasteiger partial charge in [-0.25, -0.2) is 4.98 Å². The third kappa shape index (κ3) is 3.75. The number of fused-ring (bicyclic) bond motifs is 1. The van der Waals surface area contributed by atoms with E-state index in [1.165, 1.54) is 0 Å². The topological polar surface area (TPSA) is 58.6 Å². The van der Waals surface area contributed by atoms with Crippen LogP contribution in [0.15, 0.2) is 68.5 Å². The summed E-state index contributed by atoms with van der Waals surface area (Å²) in [6.07, 6.45) is 1.60. The molecule has 1 N–H and O–H groups in total. The highest BCUT2D eigenvalue weighted by atomic mass is 79.9. The van der Waals surface area contributed by atoms with Gasteiger partial charge in [0.05, 0.1) is 16.3 Å². The summed E-state index contributed by atoms with van der Waals surface area (Å²) in [5.74, 6) is 0.605. The molecule has 0 amide bonds. The van der Waals surface area contributed by atoms with Gasteiger partial charge >= 0.3 is 0 Å². The number of aromatic hydroxyl groups is 1. The van der Waals surface area contributed by atoms with Crippen molar-refractivity contribution in [2.75, 3.05) is 0 Å². The maximum atomic E-state index is 9.93. The zero-order valence-corrected chi connectivity index (χ0v) is 16.6. The summed E-state index contributed by atoms with van der Waals surface area (Å²) in [5.41, 5.74) is 4.54. The SMILES string of the molecule is Cc1ccc2nc(-c3cc(N=Cc4cc(Br)ccc4O)ccc3Cl)oc2c1. The fourth-order valence-electron chi connectivity index (χ4n) is 2.68. The van der Waals surface area contributed by atoms with Gasteiger partial charge in [0.15, 0.2) is 5.58 Å². The second kappa shape index (κ2) is 7.18. The van der Waals surface area contributed by atoms with Crippen molar-refractivity contribution >= 4 is 50.5 Å². The van der Waals surface area contributed by atoms with Crippen molar-refractivity contribution in [3.05, 3.63) is 75.2 Å². The second-order valence-electron chi connectivity index (χ2n) is 6.12. The van der Waals surface area contributed by atoms with Crippen molar-refractivity contribution < 1.29 is 9.52 Å². The summed E-state index contributed by atoms with van der Waals surface area (Å²) >= 11 is 9.74. The second-order valence-corrected chi connectivity index (χ2v) is 7.44. The van der Waals surface area contributed by atoms with Gasteiger partial charge < -0.3 is 9.52 Å². The number of nitrogens with zero attached hydrogens (tertiary/aromatic N) is 2. The molecule has 134 valence electrons. The average molecular weight is 442 g/mol. The van der Waals surface area contributed by atoms with Crippen LogP contribution in [-0.2, 0) is 0 Å². The number of hydrogen-bond donors (Lipinski definition) is 1. The number of benzene rings is 3. The molecule has 0 radical (unpaired) electrons. The van der Waals surface area contributed by atoms with E-state index in [2.05, 4.69) is 25.9 Å². The molecule has 1 heterocycles. The van der Waals surface area contributed by atoms with Gasteiger partial charge in [0.1, 0.15) is 11.3 Å². The number of halogens is 2. The van der Waals surface area contributed by atoms with Gasteiger partial charge in [0.25, 0.3) is 0 Å². The van der Waals surface area contributed by atoms with Crippen LogP contribution in [0.1, 0.15) is 11.1 Å². The third-order valence-corrected chi connectivity index (χ3v) is 4.89.